The van der Waals surface area contributed by atoms with Crippen molar-refractivity contribution < 1.29 is 4.79 Å². The number of fused-ring (bicyclic) bond motifs is 1. The lowest BCUT2D eigenvalue weighted by molar-refractivity contribution is -0.115. The molecule has 0 radical (unpaired) electrons. The minimum Gasteiger partial charge on any atom is -0.358 e. The van der Waals surface area contributed by atoms with Crippen LogP contribution in [0.3, 0.4) is 0 Å². The summed E-state index contributed by atoms with van der Waals surface area (Å²) in [5, 5.41) is 3.98. The molecule has 0 unspecified atom stereocenters. The van der Waals surface area contributed by atoms with Gasteiger partial charge in [-0.2, -0.15) is 0 Å². The van der Waals surface area contributed by atoms with Gasteiger partial charge in [-0.05, 0) is 50.0 Å². The summed E-state index contributed by atoms with van der Waals surface area (Å²) in [6.45, 7) is 6.32. The van der Waals surface area contributed by atoms with Crippen molar-refractivity contribution in [2.75, 3.05) is 0 Å². The van der Waals surface area contributed by atoms with E-state index in [2.05, 4.69) is 42.1 Å². The Balaban J connectivity index is 2.21. The minimum atomic E-state index is -0.237. The van der Waals surface area contributed by atoms with E-state index in [4.69, 9.17) is 0 Å². The predicted molar refractivity (Wildman–Crippen MR) is 73.1 cm³/mol. The lowest BCUT2D eigenvalue weighted by Crippen LogP contribution is -2.20. The van der Waals surface area contributed by atoms with Crippen molar-refractivity contribution >= 4 is 16.8 Å². The molecular weight excluding hydrogens is 224 g/mol. The molecule has 92 valence electrons. The molecule has 0 aliphatic rings. The van der Waals surface area contributed by atoms with Gasteiger partial charge in [0.1, 0.15) is 0 Å². The summed E-state index contributed by atoms with van der Waals surface area (Å²) < 4.78 is 0. The molecule has 0 atom stereocenters. The largest absolute Gasteiger partial charge is 0.358 e. The van der Waals surface area contributed by atoms with Crippen LogP contribution in [-0.4, -0.2) is 10.9 Å². The monoisotopic (exact) mass is 240 g/mol. The lowest BCUT2D eigenvalue weighted by atomic mass is 10.1. The number of aromatic amines is 1. The number of benzene rings is 1. The number of H-pyrrole nitrogens is 1. The van der Waals surface area contributed by atoms with E-state index in [1.165, 1.54) is 16.6 Å². The highest BCUT2D eigenvalue weighted by molar-refractivity contribution is 5.93. The van der Waals surface area contributed by atoms with E-state index in [1.807, 2.05) is 12.1 Å². The maximum atomic E-state index is 11.3. The average Bonchev–Trinajstić information content (AvgIpc) is 2.63. The van der Waals surface area contributed by atoms with Crippen molar-refractivity contribution in [1.82, 2.24) is 10.3 Å². The molecule has 1 aromatic heterocycles. The Morgan fingerprint density at radius 2 is 2.17 bits per heavy atom. The average molecular weight is 240 g/mol. The third-order valence-corrected chi connectivity index (χ3v) is 3.06. The highest BCUT2D eigenvalue weighted by Gasteiger charge is 2.05. The molecule has 1 aromatic carbocycles. The van der Waals surface area contributed by atoms with E-state index >= 15 is 0 Å². The Morgan fingerprint density at radius 1 is 1.39 bits per heavy atom. The number of aryl methyl sites for hydroxylation is 2. The van der Waals surface area contributed by atoms with Crippen molar-refractivity contribution in [3.05, 3.63) is 35.0 Å². The van der Waals surface area contributed by atoms with Gasteiger partial charge in [-0.1, -0.05) is 12.0 Å². The molecule has 0 saturated heterocycles. The maximum absolute atomic E-state index is 11.3. The van der Waals surface area contributed by atoms with Gasteiger partial charge in [-0.25, -0.2) is 0 Å². The van der Waals surface area contributed by atoms with E-state index in [-0.39, 0.29) is 5.91 Å². The van der Waals surface area contributed by atoms with Crippen molar-refractivity contribution in [3.8, 4) is 11.8 Å². The van der Waals surface area contributed by atoms with Crippen LogP contribution in [0, 0.1) is 25.7 Å². The van der Waals surface area contributed by atoms with E-state index < -0.39 is 0 Å². The van der Waals surface area contributed by atoms with Crippen molar-refractivity contribution in [2.45, 2.75) is 27.3 Å². The van der Waals surface area contributed by atoms with Crippen LogP contribution in [-0.2, 0) is 11.3 Å². The van der Waals surface area contributed by atoms with Gasteiger partial charge in [-0.15, -0.1) is 0 Å². The van der Waals surface area contributed by atoms with Crippen LogP contribution in [0.15, 0.2) is 18.2 Å². The summed E-state index contributed by atoms with van der Waals surface area (Å²) in [6.07, 6.45) is 0. The van der Waals surface area contributed by atoms with Gasteiger partial charge in [0.15, 0.2) is 0 Å². The molecule has 3 heteroatoms. The first-order valence-corrected chi connectivity index (χ1v) is 5.90. The standard InChI is InChI=1S/C15H16N2O/c1-4-5-15(18)16-9-12-6-7-14-13(8-12)10(2)11(3)17-14/h6-8,17H,9H2,1-3H3,(H,16,18). The van der Waals surface area contributed by atoms with Gasteiger partial charge < -0.3 is 10.3 Å². The Bertz CT molecular complexity index is 656. The van der Waals surface area contributed by atoms with Crippen LogP contribution in [0.2, 0.25) is 0 Å². The topological polar surface area (TPSA) is 44.9 Å². The van der Waals surface area contributed by atoms with Crippen LogP contribution in [0.25, 0.3) is 10.9 Å². The lowest BCUT2D eigenvalue weighted by Gasteiger charge is -2.02. The SMILES string of the molecule is CC#CC(=O)NCc1ccc2[nH]c(C)c(C)c2c1. The van der Waals surface area contributed by atoms with Gasteiger partial charge in [0.2, 0.25) is 0 Å². The molecule has 1 amide bonds. The molecule has 0 saturated carbocycles. The number of hydrogen-bond donors (Lipinski definition) is 2. The van der Waals surface area contributed by atoms with Gasteiger partial charge in [0.05, 0.1) is 0 Å². The molecule has 0 bridgehead atoms. The third-order valence-electron chi connectivity index (χ3n) is 3.06. The highest BCUT2D eigenvalue weighted by Crippen LogP contribution is 2.22. The maximum Gasteiger partial charge on any atom is 0.296 e. The van der Waals surface area contributed by atoms with E-state index in [0.717, 1.165) is 11.1 Å². The number of carbonyl (C=O) groups is 1. The molecular formula is C15H16N2O. The summed E-state index contributed by atoms with van der Waals surface area (Å²) >= 11 is 0. The fourth-order valence-electron chi connectivity index (χ4n) is 1.96. The molecule has 3 nitrogen and oxygen atoms in total. The van der Waals surface area contributed by atoms with Crippen LogP contribution in [0.4, 0.5) is 0 Å². The zero-order valence-electron chi connectivity index (χ0n) is 10.8. The van der Waals surface area contributed by atoms with Gasteiger partial charge in [-0.3, -0.25) is 4.79 Å². The normalized spacial score (nSPS) is 9.94. The van der Waals surface area contributed by atoms with E-state index in [0.29, 0.717) is 6.54 Å². The summed E-state index contributed by atoms with van der Waals surface area (Å²) in [5.41, 5.74) is 4.65. The predicted octanol–water partition coefficient (Wildman–Crippen LogP) is 2.42. The van der Waals surface area contributed by atoms with Crippen LogP contribution in [0.5, 0.6) is 0 Å². The number of hydrogen-bond acceptors (Lipinski definition) is 1. The summed E-state index contributed by atoms with van der Waals surface area (Å²) in [5.74, 6) is 4.80. The zero-order valence-corrected chi connectivity index (χ0v) is 10.8. The molecule has 0 aliphatic carbocycles. The smallest absolute Gasteiger partial charge is 0.296 e. The first kappa shape index (κ1) is 12.3. The number of amides is 1. The molecule has 0 aliphatic heterocycles. The fraction of sp³-hybridized carbons (Fsp3) is 0.267. The molecule has 0 fully saturated rings. The summed E-state index contributed by atoms with van der Waals surface area (Å²) in [6, 6.07) is 6.16. The van der Waals surface area contributed by atoms with Crippen LogP contribution < -0.4 is 5.32 Å². The molecule has 2 N–H and O–H groups in total. The number of aromatic nitrogens is 1. The number of carbonyl (C=O) groups excluding carboxylic acids is 1. The van der Waals surface area contributed by atoms with Crippen molar-refractivity contribution in [2.24, 2.45) is 0 Å². The number of rotatable bonds is 2. The minimum absolute atomic E-state index is 0.237. The summed E-state index contributed by atoms with van der Waals surface area (Å²) in [7, 11) is 0. The van der Waals surface area contributed by atoms with Crippen LogP contribution in [0.1, 0.15) is 23.7 Å². The Hall–Kier alpha value is -2.21. The zero-order chi connectivity index (χ0) is 13.1. The molecule has 2 rings (SSSR count). The first-order valence-electron chi connectivity index (χ1n) is 5.90. The molecule has 2 aromatic rings. The molecule has 1 heterocycles. The first-order chi connectivity index (χ1) is 8.61. The Morgan fingerprint density at radius 3 is 2.89 bits per heavy atom. The molecule has 0 spiro atoms. The van der Waals surface area contributed by atoms with E-state index in [1.54, 1.807) is 6.92 Å². The van der Waals surface area contributed by atoms with Gasteiger partial charge in [0, 0.05) is 23.1 Å². The summed E-state index contributed by atoms with van der Waals surface area (Å²) in [4.78, 5) is 14.6. The Labute approximate surface area is 107 Å². The number of nitrogens with one attached hydrogen (secondary N) is 2. The molecule has 18 heavy (non-hydrogen) atoms. The highest BCUT2D eigenvalue weighted by atomic mass is 16.1. The second kappa shape index (κ2) is 4.97. The fourth-order valence-corrected chi connectivity index (χ4v) is 1.96. The van der Waals surface area contributed by atoms with Gasteiger partial charge in [0.25, 0.3) is 5.91 Å². The van der Waals surface area contributed by atoms with Gasteiger partial charge >= 0.3 is 0 Å². The second-order valence-electron chi connectivity index (χ2n) is 4.31. The Kier molecular flexibility index (Phi) is 3.38. The van der Waals surface area contributed by atoms with Crippen LogP contribution >= 0.6 is 0 Å². The van der Waals surface area contributed by atoms with E-state index in [9.17, 15) is 4.79 Å². The van der Waals surface area contributed by atoms with Crippen molar-refractivity contribution in [1.29, 1.82) is 0 Å². The second-order valence-corrected chi connectivity index (χ2v) is 4.31. The third kappa shape index (κ3) is 2.38. The van der Waals surface area contributed by atoms with Crippen molar-refractivity contribution in [3.63, 3.8) is 0 Å². The quantitative estimate of drug-likeness (QED) is 0.778.